The van der Waals surface area contributed by atoms with Crippen LogP contribution in [-0.4, -0.2) is 36.0 Å². The van der Waals surface area contributed by atoms with E-state index in [0.717, 1.165) is 16.7 Å². The Morgan fingerprint density at radius 3 is 1.93 bits per heavy atom. The summed E-state index contributed by atoms with van der Waals surface area (Å²) in [6.45, 7) is -0.00166. The second-order valence-electron chi connectivity index (χ2n) is 9.21. The Bertz CT molecular complexity index is 1560. The first-order valence-electron chi connectivity index (χ1n) is 13.1. The molecule has 0 saturated carbocycles. The van der Waals surface area contributed by atoms with Crippen LogP contribution in [0.25, 0.3) is 0 Å². The highest BCUT2D eigenvalue weighted by atomic mass is 32.1. The maximum atomic E-state index is 12.2. The minimum Gasteiger partial charge on any atom is -0.497 e. The largest absolute Gasteiger partial charge is 0.497 e. The van der Waals surface area contributed by atoms with Crippen LogP contribution in [-0.2, 0) is 21.8 Å². The molecule has 212 valence electrons. The van der Waals surface area contributed by atoms with Gasteiger partial charge < -0.3 is 24.7 Å². The smallest absolute Gasteiger partial charge is 0.360 e. The number of thiazole rings is 1. The van der Waals surface area contributed by atoms with Gasteiger partial charge in [0, 0.05) is 17.0 Å². The highest BCUT2D eigenvalue weighted by Gasteiger charge is 2.37. The third-order valence-electron chi connectivity index (χ3n) is 6.73. The maximum Gasteiger partial charge on any atom is 0.360 e. The molecule has 0 spiro atoms. The quantitative estimate of drug-likeness (QED) is 0.0979. The summed E-state index contributed by atoms with van der Waals surface area (Å²) in [5.74, 6) is -0.0833. The summed E-state index contributed by atoms with van der Waals surface area (Å²) >= 11 is 1.29. The van der Waals surface area contributed by atoms with Crippen LogP contribution in [0.4, 0.5) is 5.13 Å². The molecule has 0 saturated heterocycles. The number of benzene rings is 4. The van der Waals surface area contributed by atoms with Crippen LogP contribution >= 0.6 is 11.3 Å². The molecule has 0 fully saturated rings. The van der Waals surface area contributed by atoms with Gasteiger partial charge in [0.1, 0.15) is 29.3 Å². The van der Waals surface area contributed by atoms with Gasteiger partial charge in [-0.3, -0.25) is 0 Å². The number of carbonyl (C=O) groups is 1. The average molecular weight is 580 g/mol. The van der Waals surface area contributed by atoms with E-state index in [9.17, 15) is 9.90 Å². The topological polar surface area (TPSA) is 102 Å². The molecule has 0 bridgehead atoms. The Balaban J connectivity index is 1.49. The molecule has 5 aromatic rings. The average Bonchev–Trinajstić information content (AvgIpc) is 3.50. The molecular formula is C33H29N3O5S. The summed E-state index contributed by atoms with van der Waals surface area (Å²) in [6.07, 6.45) is 0. The van der Waals surface area contributed by atoms with Crippen molar-refractivity contribution in [3.05, 3.63) is 143 Å². The second-order valence-corrected chi connectivity index (χ2v) is 10.1. The van der Waals surface area contributed by atoms with Gasteiger partial charge in [-0.1, -0.05) is 96.2 Å². The molecule has 0 radical (unpaired) electrons. The van der Waals surface area contributed by atoms with Gasteiger partial charge in [-0.05, 0) is 28.8 Å². The SMILES string of the molecule is COc1ccc(CO/N=C(/C(=O)O)c2csc(NC(c3ccccc3)(c3ccccc3)c3ccccc3)n2)c(OC)c1. The van der Waals surface area contributed by atoms with Crippen LogP contribution in [0.2, 0.25) is 0 Å². The van der Waals surface area contributed by atoms with Gasteiger partial charge in [0.2, 0.25) is 5.71 Å². The fourth-order valence-electron chi connectivity index (χ4n) is 4.71. The third-order valence-corrected chi connectivity index (χ3v) is 7.49. The lowest BCUT2D eigenvalue weighted by Gasteiger charge is -2.36. The Kier molecular flexibility index (Phi) is 8.79. The van der Waals surface area contributed by atoms with Gasteiger partial charge >= 0.3 is 5.97 Å². The fourth-order valence-corrected chi connectivity index (χ4v) is 5.46. The monoisotopic (exact) mass is 579 g/mol. The number of ether oxygens (including phenoxy) is 2. The van der Waals surface area contributed by atoms with Crippen molar-refractivity contribution in [2.24, 2.45) is 5.16 Å². The van der Waals surface area contributed by atoms with E-state index in [1.165, 1.54) is 18.4 Å². The molecule has 8 nitrogen and oxygen atoms in total. The molecule has 0 aliphatic carbocycles. The van der Waals surface area contributed by atoms with E-state index in [0.29, 0.717) is 22.2 Å². The van der Waals surface area contributed by atoms with Crippen molar-refractivity contribution in [2.45, 2.75) is 12.1 Å². The summed E-state index contributed by atoms with van der Waals surface area (Å²) in [7, 11) is 3.10. The number of methoxy groups -OCH3 is 2. The Hall–Kier alpha value is -5.15. The molecule has 0 amide bonds. The second kappa shape index (κ2) is 13.0. The Morgan fingerprint density at radius 1 is 0.857 bits per heavy atom. The molecule has 0 aliphatic rings. The third kappa shape index (κ3) is 5.96. The first-order valence-corrected chi connectivity index (χ1v) is 14.0. The van der Waals surface area contributed by atoms with E-state index in [1.807, 2.05) is 54.6 Å². The molecule has 0 unspecified atom stereocenters. The van der Waals surface area contributed by atoms with Crippen molar-refractivity contribution in [1.29, 1.82) is 0 Å². The Labute approximate surface area is 247 Å². The van der Waals surface area contributed by atoms with Gasteiger partial charge in [-0.15, -0.1) is 11.3 Å². The van der Waals surface area contributed by atoms with Crippen LogP contribution in [0.5, 0.6) is 11.5 Å². The van der Waals surface area contributed by atoms with Crippen molar-refractivity contribution in [3.63, 3.8) is 0 Å². The number of aromatic nitrogens is 1. The van der Waals surface area contributed by atoms with Crippen molar-refractivity contribution >= 4 is 28.1 Å². The van der Waals surface area contributed by atoms with Crippen LogP contribution in [0.3, 0.4) is 0 Å². The zero-order valence-corrected chi connectivity index (χ0v) is 23.9. The van der Waals surface area contributed by atoms with E-state index in [4.69, 9.17) is 14.3 Å². The van der Waals surface area contributed by atoms with Crippen LogP contribution in [0, 0.1) is 0 Å². The Morgan fingerprint density at radius 2 is 1.43 bits per heavy atom. The molecule has 0 atom stereocenters. The molecular weight excluding hydrogens is 550 g/mol. The van der Waals surface area contributed by atoms with Gasteiger partial charge in [-0.25, -0.2) is 9.78 Å². The first kappa shape index (κ1) is 28.4. The lowest BCUT2D eigenvalue weighted by Crippen LogP contribution is -2.38. The zero-order chi connectivity index (χ0) is 29.4. The van der Waals surface area contributed by atoms with E-state index >= 15 is 0 Å². The van der Waals surface area contributed by atoms with Crippen LogP contribution in [0.1, 0.15) is 27.9 Å². The van der Waals surface area contributed by atoms with Crippen LogP contribution in [0.15, 0.2) is 120 Å². The lowest BCUT2D eigenvalue weighted by atomic mass is 9.77. The molecule has 42 heavy (non-hydrogen) atoms. The number of rotatable bonds is 12. The first-order chi connectivity index (χ1) is 20.5. The predicted octanol–water partition coefficient (Wildman–Crippen LogP) is 6.57. The molecule has 0 aliphatic heterocycles. The summed E-state index contributed by atoms with van der Waals surface area (Å²) in [5, 5.41) is 19.7. The number of anilines is 1. The maximum absolute atomic E-state index is 12.2. The molecule has 2 N–H and O–H groups in total. The van der Waals surface area contributed by atoms with Crippen molar-refractivity contribution < 1.29 is 24.2 Å². The van der Waals surface area contributed by atoms with Gasteiger partial charge in [0.15, 0.2) is 5.13 Å². The standard InChI is InChI=1S/C33H29N3O5S/c1-39-27-19-18-23(29(20-27)40-2)21-41-36-30(31(37)38)28-22-42-32(34-28)35-33(24-12-6-3-7-13-24,25-14-8-4-9-15-25)26-16-10-5-11-17-26/h3-20,22H,21H2,1-2H3,(H,34,35)(H,37,38)/b36-30+. The van der Waals surface area contributed by atoms with Gasteiger partial charge in [-0.2, -0.15) is 0 Å². The van der Waals surface area contributed by atoms with Crippen LogP contribution < -0.4 is 14.8 Å². The van der Waals surface area contributed by atoms with Crippen molar-refractivity contribution in [1.82, 2.24) is 4.98 Å². The number of nitrogens with zero attached hydrogens (tertiary/aromatic N) is 2. The molecule has 5 rings (SSSR count). The number of hydrogen-bond acceptors (Lipinski definition) is 8. The zero-order valence-electron chi connectivity index (χ0n) is 23.1. The number of carboxylic acids is 1. The summed E-state index contributed by atoms with van der Waals surface area (Å²) in [4.78, 5) is 22.3. The van der Waals surface area contributed by atoms with E-state index in [2.05, 4.69) is 51.9 Å². The van der Waals surface area contributed by atoms with E-state index in [1.54, 1.807) is 30.7 Å². The lowest BCUT2D eigenvalue weighted by molar-refractivity contribution is -0.129. The highest BCUT2D eigenvalue weighted by molar-refractivity contribution is 7.14. The van der Waals surface area contributed by atoms with Gasteiger partial charge in [0.25, 0.3) is 0 Å². The van der Waals surface area contributed by atoms with Crippen molar-refractivity contribution in [3.8, 4) is 11.5 Å². The predicted molar refractivity (Wildman–Crippen MR) is 163 cm³/mol. The van der Waals surface area contributed by atoms with E-state index in [-0.39, 0.29) is 18.0 Å². The summed E-state index contributed by atoms with van der Waals surface area (Å²) < 4.78 is 10.6. The normalized spacial score (nSPS) is 11.5. The minimum absolute atomic E-state index is 0.00166. The van der Waals surface area contributed by atoms with Gasteiger partial charge in [0.05, 0.1) is 14.2 Å². The molecule has 1 heterocycles. The van der Waals surface area contributed by atoms with Crippen molar-refractivity contribution in [2.75, 3.05) is 19.5 Å². The summed E-state index contributed by atoms with van der Waals surface area (Å²) in [5.41, 5.74) is 2.76. The molecule has 9 heteroatoms. The number of oxime groups is 1. The number of hydrogen-bond donors (Lipinski definition) is 2. The minimum atomic E-state index is -1.26. The van der Waals surface area contributed by atoms with E-state index < -0.39 is 11.5 Å². The number of carboxylic acid groups (broad SMARTS) is 1. The summed E-state index contributed by atoms with van der Waals surface area (Å²) in [6, 6.07) is 35.5. The highest BCUT2D eigenvalue weighted by Crippen LogP contribution is 2.40. The molecule has 4 aromatic carbocycles. The number of aliphatic carboxylic acids is 1. The fraction of sp³-hybridized carbons (Fsp3) is 0.121. The number of nitrogens with one attached hydrogen (secondary N) is 1. The molecule has 1 aromatic heterocycles.